The molecule has 0 spiro atoms. The molecule has 1 heterocycles. The van der Waals surface area contributed by atoms with Crippen molar-refractivity contribution in [3.63, 3.8) is 0 Å². The van der Waals surface area contributed by atoms with Crippen molar-refractivity contribution in [2.75, 3.05) is 0 Å². The van der Waals surface area contributed by atoms with Crippen molar-refractivity contribution in [2.45, 2.75) is 57.2 Å². The van der Waals surface area contributed by atoms with Gasteiger partial charge in [0, 0.05) is 24.5 Å². The minimum Gasteiger partial charge on any atom is -0.352 e. The van der Waals surface area contributed by atoms with E-state index < -0.39 is 0 Å². The Labute approximate surface area is 106 Å². The summed E-state index contributed by atoms with van der Waals surface area (Å²) in [5, 5.41) is 3.00. The fraction of sp³-hybridized carbons (Fsp3) is 0.692. The molecule has 1 amide bonds. The van der Waals surface area contributed by atoms with Gasteiger partial charge in [0.1, 0.15) is 6.54 Å². The summed E-state index contributed by atoms with van der Waals surface area (Å²) in [6.45, 7) is 0.148. The zero-order valence-corrected chi connectivity index (χ0v) is 10.5. The second kappa shape index (κ2) is 4.63. The van der Waals surface area contributed by atoms with Gasteiger partial charge in [-0.05, 0) is 25.7 Å². The first-order valence-corrected chi connectivity index (χ1v) is 6.80. The molecule has 0 atom stereocenters. The summed E-state index contributed by atoms with van der Waals surface area (Å²) in [5.41, 5.74) is -0.0564. The fourth-order valence-corrected chi connectivity index (χ4v) is 2.68. The highest BCUT2D eigenvalue weighted by molar-refractivity contribution is 5.76. The largest absolute Gasteiger partial charge is 0.352 e. The van der Waals surface area contributed by atoms with Crippen LogP contribution < -0.4 is 11.0 Å². The van der Waals surface area contributed by atoms with Crippen LogP contribution in [0.1, 0.15) is 44.6 Å². The van der Waals surface area contributed by atoms with Gasteiger partial charge in [0.05, 0.1) is 0 Å². The number of carbonyl (C=O) groups is 1. The topological polar surface area (TPSA) is 56.0 Å². The molecular weight excluding hydrogens is 230 g/mol. The van der Waals surface area contributed by atoms with Crippen LogP contribution in [-0.2, 0) is 11.3 Å². The second-order valence-electron chi connectivity index (χ2n) is 5.40. The van der Waals surface area contributed by atoms with E-state index >= 15 is 0 Å². The van der Waals surface area contributed by atoms with Gasteiger partial charge in [-0.1, -0.05) is 12.8 Å². The van der Waals surface area contributed by atoms with Gasteiger partial charge in [0.25, 0.3) is 0 Å². The number of nitrogens with one attached hydrogen (secondary N) is 1. The molecule has 0 bridgehead atoms. The first kappa shape index (κ1) is 11.6. The van der Waals surface area contributed by atoms with Crippen molar-refractivity contribution >= 4 is 5.91 Å². The number of rotatable bonds is 4. The van der Waals surface area contributed by atoms with Crippen molar-refractivity contribution in [3.8, 4) is 0 Å². The highest BCUT2D eigenvalue weighted by atomic mass is 16.2. The standard InChI is InChI=1S/C13H19N3O2/c17-12(14-10-3-1-2-4-10)9-15-7-8-16(13(15)18)11-5-6-11/h7-8,10-11H,1-6,9H2,(H,14,17). The van der Waals surface area contributed by atoms with E-state index in [-0.39, 0.29) is 18.1 Å². The number of hydrogen-bond donors (Lipinski definition) is 1. The van der Waals surface area contributed by atoms with Crippen molar-refractivity contribution in [1.82, 2.24) is 14.5 Å². The smallest absolute Gasteiger partial charge is 0.328 e. The van der Waals surface area contributed by atoms with Crippen LogP contribution in [0.15, 0.2) is 17.2 Å². The van der Waals surface area contributed by atoms with E-state index in [1.54, 1.807) is 17.0 Å². The Kier molecular flexibility index (Phi) is 2.97. The van der Waals surface area contributed by atoms with Crippen LogP contribution in [0.2, 0.25) is 0 Å². The summed E-state index contributed by atoms with van der Waals surface area (Å²) in [6.07, 6.45) is 10.2. The third-order valence-electron chi connectivity index (χ3n) is 3.85. The molecule has 2 fully saturated rings. The Morgan fingerprint density at radius 2 is 1.94 bits per heavy atom. The van der Waals surface area contributed by atoms with Crippen molar-refractivity contribution in [2.24, 2.45) is 0 Å². The highest BCUT2D eigenvalue weighted by Gasteiger charge is 2.26. The Morgan fingerprint density at radius 3 is 2.61 bits per heavy atom. The molecule has 5 heteroatoms. The maximum atomic E-state index is 12.0. The van der Waals surface area contributed by atoms with Gasteiger partial charge in [-0.2, -0.15) is 0 Å². The maximum absolute atomic E-state index is 12.0. The molecule has 1 aromatic heterocycles. The SMILES string of the molecule is O=C(Cn1ccn(C2CC2)c1=O)NC1CCCC1. The van der Waals surface area contributed by atoms with Crippen LogP contribution in [0.3, 0.4) is 0 Å². The molecule has 5 nitrogen and oxygen atoms in total. The Bertz CT molecular complexity index is 493. The third kappa shape index (κ3) is 2.35. The molecule has 3 rings (SSSR count). The Morgan fingerprint density at radius 1 is 1.22 bits per heavy atom. The summed E-state index contributed by atoms with van der Waals surface area (Å²) in [5.74, 6) is -0.0439. The number of imidazole rings is 1. The van der Waals surface area contributed by atoms with Gasteiger partial charge < -0.3 is 5.32 Å². The molecule has 0 saturated heterocycles. The molecule has 1 aromatic rings. The van der Waals surface area contributed by atoms with Gasteiger partial charge in [0.2, 0.25) is 5.91 Å². The highest BCUT2D eigenvalue weighted by Crippen LogP contribution is 2.33. The number of aromatic nitrogens is 2. The van der Waals surface area contributed by atoms with E-state index in [2.05, 4.69) is 5.32 Å². The van der Waals surface area contributed by atoms with Crippen molar-refractivity contribution in [3.05, 3.63) is 22.9 Å². The minimum absolute atomic E-state index is 0.0439. The Balaban J connectivity index is 1.61. The van der Waals surface area contributed by atoms with E-state index in [9.17, 15) is 9.59 Å². The lowest BCUT2D eigenvalue weighted by atomic mass is 10.2. The molecule has 0 radical (unpaired) electrons. The van der Waals surface area contributed by atoms with E-state index in [1.807, 2.05) is 0 Å². The predicted molar refractivity (Wildman–Crippen MR) is 67.4 cm³/mol. The van der Waals surface area contributed by atoms with Gasteiger partial charge in [0.15, 0.2) is 0 Å². The quantitative estimate of drug-likeness (QED) is 0.867. The fourth-order valence-electron chi connectivity index (χ4n) is 2.68. The zero-order chi connectivity index (χ0) is 12.5. The van der Waals surface area contributed by atoms with Crippen LogP contribution in [0, 0.1) is 0 Å². The second-order valence-corrected chi connectivity index (χ2v) is 5.40. The Hall–Kier alpha value is -1.52. The molecule has 1 N–H and O–H groups in total. The lowest BCUT2D eigenvalue weighted by Gasteiger charge is -2.11. The van der Waals surface area contributed by atoms with Crippen LogP contribution in [0.5, 0.6) is 0 Å². The molecule has 0 aromatic carbocycles. The summed E-state index contributed by atoms with van der Waals surface area (Å²) in [6, 6.07) is 0.690. The molecule has 0 aliphatic heterocycles. The molecule has 2 aliphatic rings. The van der Waals surface area contributed by atoms with Crippen molar-refractivity contribution in [1.29, 1.82) is 0 Å². The molecular formula is C13H19N3O2. The number of carbonyl (C=O) groups excluding carboxylic acids is 1. The molecule has 2 aliphatic carbocycles. The molecule has 0 unspecified atom stereocenters. The van der Waals surface area contributed by atoms with E-state index in [1.165, 1.54) is 17.4 Å². The minimum atomic E-state index is -0.0564. The maximum Gasteiger partial charge on any atom is 0.328 e. The number of nitrogens with zero attached hydrogens (tertiary/aromatic N) is 2. The number of hydrogen-bond acceptors (Lipinski definition) is 2. The monoisotopic (exact) mass is 249 g/mol. The summed E-state index contributed by atoms with van der Waals surface area (Å²) in [4.78, 5) is 23.8. The zero-order valence-electron chi connectivity index (χ0n) is 10.5. The van der Waals surface area contributed by atoms with Crippen LogP contribution in [-0.4, -0.2) is 21.1 Å². The molecule has 2 saturated carbocycles. The normalized spacial score (nSPS) is 20.2. The van der Waals surface area contributed by atoms with E-state index in [0.29, 0.717) is 12.1 Å². The molecule has 98 valence electrons. The van der Waals surface area contributed by atoms with Gasteiger partial charge in [-0.15, -0.1) is 0 Å². The summed E-state index contributed by atoms with van der Waals surface area (Å²) >= 11 is 0. The lowest BCUT2D eigenvalue weighted by molar-refractivity contribution is -0.122. The predicted octanol–water partition coefficient (Wildman–Crippen LogP) is 1.04. The third-order valence-corrected chi connectivity index (χ3v) is 3.85. The van der Waals surface area contributed by atoms with Gasteiger partial charge >= 0.3 is 5.69 Å². The summed E-state index contributed by atoms with van der Waals surface area (Å²) < 4.78 is 3.24. The van der Waals surface area contributed by atoms with Crippen LogP contribution >= 0.6 is 0 Å². The summed E-state index contributed by atoms with van der Waals surface area (Å²) in [7, 11) is 0. The average Bonchev–Trinajstić information content (AvgIpc) is 2.94. The average molecular weight is 249 g/mol. The van der Waals surface area contributed by atoms with Gasteiger partial charge in [-0.25, -0.2) is 4.79 Å². The van der Waals surface area contributed by atoms with E-state index in [0.717, 1.165) is 25.7 Å². The van der Waals surface area contributed by atoms with Gasteiger partial charge in [-0.3, -0.25) is 13.9 Å². The first-order valence-electron chi connectivity index (χ1n) is 6.80. The first-order chi connectivity index (χ1) is 8.74. The van der Waals surface area contributed by atoms with Crippen LogP contribution in [0.25, 0.3) is 0 Å². The van der Waals surface area contributed by atoms with Crippen molar-refractivity contribution < 1.29 is 4.79 Å². The van der Waals surface area contributed by atoms with Crippen LogP contribution in [0.4, 0.5) is 0 Å². The van der Waals surface area contributed by atoms with E-state index in [4.69, 9.17) is 0 Å². The lowest BCUT2D eigenvalue weighted by Crippen LogP contribution is -2.37. The molecule has 18 heavy (non-hydrogen) atoms. The number of amides is 1.